The number of aliphatic hydroxyl groups excluding tert-OH is 1. The molecule has 0 saturated carbocycles. The highest BCUT2D eigenvalue weighted by molar-refractivity contribution is 5.78. The van der Waals surface area contributed by atoms with Crippen molar-refractivity contribution in [3.05, 3.63) is 53.7 Å². The first-order chi connectivity index (χ1) is 15.3. The van der Waals surface area contributed by atoms with Crippen molar-refractivity contribution in [2.45, 2.75) is 32.2 Å². The minimum atomic E-state index is -4.55. The Morgan fingerprint density at radius 3 is 2.69 bits per heavy atom. The van der Waals surface area contributed by atoms with E-state index in [0.717, 1.165) is 11.6 Å². The third-order valence-corrected chi connectivity index (χ3v) is 5.22. The van der Waals surface area contributed by atoms with Crippen LogP contribution in [-0.2, 0) is 22.3 Å². The molecule has 1 aliphatic heterocycles. The average Bonchev–Trinajstić information content (AvgIpc) is 3.28. The summed E-state index contributed by atoms with van der Waals surface area (Å²) in [6.07, 6.45) is -2.75. The fourth-order valence-corrected chi connectivity index (χ4v) is 3.53. The maximum Gasteiger partial charge on any atom is 0.419 e. The first-order valence-corrected chi connectivity index (χ1v) is 10.3. The van der Waals surface area contributed by atoms with Gasteiger partial charge in [0.15, 0.2) is 6.61 Å². The molecule has 0 radical (unpaired) electrons. The number of anilines is 1. The van der Waals surface area contributed by atoms with E-state index in [0.29, 0.717) is 25.3 Å². The Balaban J connectivity index is 1.67. The lowest BCUT2D eigenvalue weighted by Gasteiger charge is -2.31. The lowest BCUT2D eigenvalue weighted by atomic mass is 10.2. The number of pyridine rings is 1. The van der Waals surface area contributed by atoms with Gasteiger partial charge in [0, 0.05) is 25.9 Å². The first kappa shape index (κ1) is 23.8. The summed E-state index contributed by atoms with van der Waals surface area (Å²) in [6, 6.07) is 8.59. The number of hydrogen-bond donors (Lipinski definition) is 1. The van der Waals surface area contributed by atoms with Gasteiger partial charge in [-0.15, -0.1) is 0 Å². The van der Waals surface area contributed by atoms with E-state index in [4.69, 9.17) is 14.6 Å². The highest BCUT2D eigenvalue weighted by Crippen LogP contribution is 2.36. The summed E-state index contributed by atoms with van der Waals surface area (Å²) in [5.41, 5.74) is -0.104. The van der Waals surface area contributed by atoms with Crippen LogP contribution < -0.4 is 9.64 Å². The molecule has 2 heterocycles. The van der Waals surface area contributed by atoms with E-state index in [2.05, 4.69) is 4.98 Å². The summed E-state index contributed by atoms with van der Waals surface area (Å²) in [5.74, 6) is 0.0349. The van der Waals surface area contributed by atoms with Gasteiger partial charge in [0.25, 0.3) is 5.91 Å². The van der Waals surface area contributed by atoms with Crippen LogP contribution in [-0.4, -0.2) is 60.0 Å². The van der Waals surface area contributed by atoms with E-state index < -0.39 is 11.7 Å². The number of hydrogen-bond acceptors (Lipinski definition) is 6. The van der Waals surface area contributed by atoms with E-state index in [1.54, 1.807) is 36.1 Å². The van der Waals surface area contributed by atoms with Crippen molar-refractivity contribution in [1.82, 2.24) is 9.88 Å². The summed E-state index contributed by atoms with van der Waals surface area (Å²) < 4.78 is 51.5. The molecule has 1 atom stereocenters. The maximum absolute atomic E-state index is 13.5. The second kappa shape index (κ2) is 10.6. The van der Waals surface area contributed by atoms with E-state index in [9.17, 15) is 18.0 Å². The number of carbonyl (C=O) groups excluding carboxylic acids is 1. The molecule has 1 aromatic heterocycles. The van der Waals surface area contributed by atoms with Crippen LogP contribution >= 0.6 is 0 Å². The van der Waals surface area contributed by atoms with Crippen LogP contribution in [0.15, 0.2) is 42.6 Å². The van der Waals surface area contributed by atoms with Crippen molar-refractivity contribution in [3.63, 3.8) is 0 Å². The monoisotopic (exact) mass is 453 g/mol. The van der Waals surface area contributed by atoms with Crippen LogP contribution in [0.2, 0.25) is 0 Å². The summed E-state index contributed by atoms with van der Waals surface area (Å²) in [5, 5.41) is 9.08. The number of likely N-dealkylation sites (tertiary alicyclic amines) is 1. The van der Waals surface area contributed by atoms with Gasteiger partial charge in [-0.1, -0.05) is 12.1 Å². The Bertz CT molecular complexity index is 893. The van der Waals surface area contributed by atoms with Crippen molar-refractivity contribution >= 4 is 11.7 Å². The number of carbonyl (C=O) groups is 1. The van der Waals surface area contributed by atoms with Crippen LogP contribution in [0.25, 0.3) is 0 Å². The van der Waals surface area contributed by atoms with Gasteiger partial charge in [-0.2, -0.15) is 13.2 Å². The molecular weight excluding hydrogens is 427 g/mol. The summed E-state index contributed by atoms with van der Waals surface area (Å²) >= 11 is 0. The van der Waals surface area contributed by atoms with E-state index in [1.165, 1.54) is 17.2 Å². The second-order valence-electron chi connectivity index (χ2n) is 7.34. The number of alkyl halides is 3. The Labute approximate surface area is 184 Å². The summed E-state index contributed by atoms with van der Waals surface area (Å²) in [7, 11) is 0. The standard InChI is InChI=1S/C22H26F3N3O4/c1-2-31-15-28(21-19(22(23,24)25)4-3-10-26-21)17-9-11-27(12-17)20(30)14-32-18-7-5-16(13-29)6-8-18/h3-8,10,17,29H,2,9,11-15H2,1H3. The molecule has 7 nitrogen and oxygen atoms in total. The molecule has 1 fully saturated rings. The van der Waals surface area contributed by atoms with E-state index in [1.807, 2.05) is 0 Å². The Hall–Kier alpha value is -2.85. The Morgan fingerprint density at radius 2 is 2.03 bits per heavy atom. The molecule has 2 aromatic rings. The van der Waals surface area contributed by atoms with Crippen LogP contribution in [0.5, 0.6) is 5.75 Å². The second-order valence-corrected chi connectivity index (χ2v) is 7.34. The zero-order valence-electron chi connectivity index (χ0n) is 17.7. The highest BCUT2D eigenvalue weighted by atomic mass is 19.4. The van der Waals surface area contributed by atoms with Crippen molar-refractivity contribution in [1.29, 1.82) is 0 Å². The zero-order valence-corrected chi connectivity index (χ0v) is 17.7. The number of rotatable bonds is 9. The molecule has 1 amide bonds. The van der Waals surface area contributed by atoms with Crippen LogP contribution in [0, 0.1) is 0 Å². The molecule has 3 rings (SSSR count). The predicted molar refractivity (Wildman–Crippen MR) is 111 cm³/mol. The van der Waals surface area contributed by atoms with Gasteiger partial charge in [0.1, 0.15) is 18.3 Å². The third-order valence-electron chi connectivity index (χ3n) is 5.22. The molecule has 174 valence electrons. The number of ether oxygens (including phenoxy) is 2. The summed E-state index contributed by atoms with van der Waals surface area (Å²) in [6.45, 7) is 2.41. The van der Waals surface area contributed by atoms with Crippen molar-refractivity contribution in [3.8, 4) is 5.75 Å². The molecular formula is C22H26F3N3O4. The van der Waals surface area contributed by atoms with Gasteiger partial charge in [0.2, 0.25) is 0 Å². The normalized spacial score (nSPS) is 16.3. The van der Waals surface area contributed by atoms with E-state index in [-0.39, 0.29) is 44.3 Å². The highest BCUT2D eigenvalue weighted by Gasteiger charge is 2.39. The Kier molecular flexibility index (Phi) is 7.92. The quantitative estimate of drug-likeness (QED) is 0.589. The Morgan fingerprint density at radius 1 is 1.28 bits per heavy atom. The van der Waals surface area contributed by atoms with Gasteiger partial charge >= 0.3 is 6.18 Å². The first-order valence-electron chi connectivity index (χ1n) is 10.3. The molecule has 1 aromatic carbocycles. The number of aromatic nitrogens is 1. The van der Waals surface area contributed by atoms with Gasteiger partial charge in [-0.3, -0.25) is 4.79 Å². The van der Waals surface area contributed by atoms with E-state index >= 15 is 0 Å². The lowest BCUT2D eigenvalue weighted by Crippen LogP contribution is -2.42. The number of nitrogens with zero attached hydrogens (tertiary/aromatic N) is 3. The SMILES string of the molecule is CCOCN(c1ncccc1C(F)(F)F)C1CCN(C(=O)COc2ccc(CO)cc2)C1. The lowest BCUT2D eigenvalue weighted by molar-refractivity contribution is -0.137. The number of amides is 1. The molecule has 1 unspecified atom stereocenters. The zero-order chi connectivity index (χ0) is 23.1. The maximum atomic E-state index is 13.5. The fraction of sp³-hybridized carbons (Fsp3) is 0.455. The summed E-state index contributed by atoms with van der Waals surface area (Å²) in [4.78, 5) is 19.6. The minimum Gasteiger partial charge on any atom is -0.484 e. The third kappa shape index (κ3) is 5.89. The van der Waals surface area contributed by atoms with Crippen molar-refractivity contribution in [2.75, 3.05) is 37.9 Å². The average molecular weight is 453 g/mol. The van der Waals surface area contributed by atoms with Crippen molar-refractivity contribution in [2.24, 2.45) is 0 Å². The minimum absolute atomic E-state index is 0.0585. The molecule has 10 heteroatoms. The smallest absolute Gasteiger partial charge is 0.419 e. The molecule has 0 aliphatic carbocycles. The van der Waals surface area contributed by atoms with Gasteiger partial charge in [-0.05, 0) is 43.2 Å². The molecule has 32 heavy (non-hydrogen) atoms. The molecule has 1 saturated heterocycles. The number of halogens is 3. The van der Waals surface area contributed by atoms with Crippen LogP contribution in [0.4, 0.5) is 19.0 Å². The number of aliphatic hydroxyl groups is 1. The largest absolute Gasteiger partial charge is 0.484 e. The van der Waals surface area contributed by atoms with Gasteiger partial charge in [0.05, 0.1) is 18.2 Å². The molecule has 0 spiro atoms. The topological polar surface area (TPSA) is 75.1 Å². The van der Waals surface area contributed by atoms with Crippen molar-refractivity contribution < 1.29 is 32.5 Å². The fourth-order valence-electron chi connectivity index (χ4n) is 3.53. The molecule has 1 N–H and O–H groups in total. The number of benzene rings is 1. The van der Waals surface area contributed by atoms with Crippen LogP contribution in [0.3, 0.4) is 0 Å². The predicted octanol–water partition coefficient (Wildman–Crippen LogP) is 3.07. The molecule has 0 bridgehead atoms. The van der Waals surface area contributed by atoms with Gasteiger partial charge < -0.3 is 24.4 Å². The van der Waals surface area contributed by atoms with Crippen LogP contribution in [0.1, 0.15) is 24.5 Å². The molecule has 1 aliphatic rings. The van der Waals surface area contributed by atoms with Gasteiger partial charge in [-0.25, -0.2) is 4.98 Å².